The molecule has 1 aliphatic heterocycles. The lowest BCUT2D eigenvalue weighted by Crippen LogP contribution is -2.28. The number of benzene rings is 1. The molecule has 3 nitrogen and oxygen atoms in total. The third-order valence-corrected chi connectivity index (χ3v) is 2.39. The van der Waals surface area contributed by atoms with Crippen molar-refractivity contribution < 1.29 is 4.74 Å². The molecule has 1 unspecified atom stereocenters. The van der Waals surface area contributed by atoms with Crippen molar-refractivity contribution in [1.82, 2.24) is 0 Å². The number of fused-ring (bicyclic) bond motifs is 1. The maximum absolute atomic E-state index is 7.68. The number of rotatable bonds is 2. The number of para-hydroxylation sites is 1. The molecule has 0 spiro atoms. The Labute approximate surface area is 83.6 Å². The highest BCUT2D eigenvalue weighted by Crippen LogP contribution is 2.25. The minimum Gasteiger partial charge on any atom is -0.480 e. The van der Waals surface area contributed by atoms with Crippen LogP contribution >= 0.6 is 0 Å². The van der Waals surface area contributed by atoms with Crippen LogP contribution in [0.1, 0.15) is 12.5 Å². The molecule has 0 aromatic heterocycles. The van der Waals surface area contributed by atoms with E-state index in [0.717, 1.165) is 12.1 Å². The molecular weight excluding hydrogens is 176 g/mol. The summed E-state index contributed by atoms with van der Waals surface area (Å²) in [7, 11) is 0. The van der Waals surface area contributed by atoms with Crippen molar-refractivity contribution in [3.05, 3.63) is 29.8 Å². The van der Waals surface area contributed by atoms with Gasteiger partial charge in [0.2, 0.25) is 5.90 Å². The van der Waals surface area contributed by atoms with Gasteiger partial charge in [0.15, 0.2) is 0 Å². The van der Waals surface area contributed by atoms with E-state index >= 15 is 0 Å². The minimum absolute atomic E-state index is 0.0207. The summed E-state index contributed by atoms with van der Waals surface area (Å²) in [6.45, 7) is 2.46. The molecule has 14 heavy (non-hydrogen) atoms. The normalized spacial score (nSPS) is 18.5. The van der Waals surface area contributed by atoms with Crippen LogP contribution in [-0.4, -0.2) is 18.5 Å². The van der Waals surface area contributed by atoms with Crippen molar-refractivity contribution in [3.63, 3.8) is 0 Å². The van der Waals surface area contributed by atoms with Gasteiger partial charge in [-0.1, -0.05) is 18.2 Å². The first-order valence-corrected chi connectivity index (χ1v) is 4.87. The van der Waals surface area contributed by atoms with Crippen molar-refractivity contribution in [1.29, 1.82) is 5.41 Å². The van der Waals surface area contributed by atoms with Crippen molar-refractivity contribution in [2.24, 2.45) is 0 Å². The van der Waals surface area contributed by atoms with Gasteiger partial charge in [-0.3, -0.25) is 5.41 Å². The fraction of sp³-hybridized carbons (Fsp3) is 0.364. The van der Waals surface area contributed by atoms with Gasteiger partial charge in [0.05, 0.1) is 6.61 Å². The van der Waals surface area contributed by atoms with Crippen LogP contribution in [0, 0.1) is 5.41 Å². The van der Waals surface area contributed by atoms with Gasteiger partial charge in [-0.25, -0.2) is 0 Å². The maximum atomic E-state index is 7.68. The Morgan fingerprint density at radius 1 is 1.57 bits per heavy atom. The van der Waals surface area contributed by atoms with Crippen LogP contribution in [0.2, 0.25) is 0 Å². The van der Waals surface area contributed by atoms with Crippen LogP contribution in [0.25, 0.3) is 0 Å². The van der Waals surface area contributed by atoms with Gasteiger partial charge < -0.3 is 10.1 Å². The van der Waals surface area contributed by atoms with E-state index in [1.54, 1.807) is 0 Å². The highest BCUT2D eigenvalue weighted by molar-refractivity contribution is 5.85. The molecule has 1 aromatic rings. The average molecular weight is 190 g/mol. The number of ether oxygens (including phenoxy) is 1. The number of hydrogen-bond acceptors (Lipinski definition) is 3. The molecule has 0 saturated carbocycles. The summed E-state index contributed by atoms with van der Waals surface area (Å²) in [5.41, 5.74) is 2.39. The van der Waals surface area contributed by atoms with E-state index in [4.69, 9.17) is 10.1 Å². The molecule has 1 heterocycles. The molecule has 2 rings (SSSR count). The van der Waals surface area contributed by atoms with Crippen LogP contribution < -0.4 is 5.32 Å². The van der Waals surface area contributed by atoms with E-state index in [9.17, 15) is 0 Å². The monoisotopic (exact) mass is 190 g/mol. The first kappa shape index (κ1) is 9.06. The van der Waals surface area contributed by atoms with Gasteiger partial charge in [-0.15, -0.1) is 0 Å². The summed E-state index contributed by atoms with van der Waals surface area (Å²) >= 11 is 0. The second kappa shape index (κ2) is 3.70. The van der Waals surface area contributed by atoms with Crippen molar-refractivity contribution in [2.75, 3.05) is 11.9 Å². The number of hydrogen-bond donors (Lipinski definition) is 2. The minimum atomic E-state index is 0.0207. The lowest BCUT2D eigenvalue weighted by atomic mass is 10.1. The summed E-state index contributed by atoms with van der Waals surface area (Å²) in [5, 5.41) is 10.9. The molecule has 1 aromatic carbocycles. The SMILES string of the molecule is CCOC(=N)C1Cc2ccccc2N1. The summed E-state index contributed by atoms with van der Waals surface area (Å²) < 4.78 is 5.18. The van der Waals surface area contributed by atoms with Crippen molar-refractivity contribution in [3.8, 4) is 0 Å². The maximum Gasteiger partial charge on any atom is 0.203 e. The Hall–Kier alpha value is -1.51. The standard InChI is InChI=1S/C11H14N2O/c1-2-14-11(12)10-7-8-5-3-4-6-9(8)13-10/h3-6,10,12-13H,2,7H2,1H3. The lowest BCUT2D eigenvalue weighted by Gasteiger charge is -2.12. The molecule has 3 heteroatoms. The molecule has 0 bridgehead atoms. The Balaban J connectivity index is 2.08. The Kier molecular flexibility index (Phi) is 2.39. The van der Waals surface area contributed by atoms with E-state index in [2.05, 4.69) is 11.4 Å². The van der Waals surface area contributed by atoms with Crippen LogP contribution in [-0.2, 0) is 11.2 Å². The fourth-order valence-corrected chi connectivity index (χ4v) is 1.71. The highest BCUT2D eigenvalue weighted by atomic mass is 16.5. The molecule has 0 radical (unpaired) electrons. The number of anilines is 1. The molecule has 1 atom stereocenters. The molecule has 74 valence electrons. The molecule has 0 aliphatic carbocycles. The third kappa shape index (κ3) is 1.58. The average Bonchev–Trinajstić information content (AvgIpc) is 2.61. The van der Waals surface area contributed by atoms with Crippen LogP contribution in [0.4, 0.5) is 5.69 Å². The first-order chi connectivity index (χ1) is 6.81. The number of nitrogens with one attached hydrogen (secondary N) is 2. The zero-order valence-corrected chi connectivity index (χ0v) is 8.21. The van der Waals surface area contributed by atoms with Crippen LogP contribution in [0.15, 0.2) is 24.3 Å². The van der Waals surface area contributed by atoms with Crippen LogP contribution in [0.3, 0.4) is 0 Å². The zero-order valence-electron chi connectivity index (χ0n) is 8.21. The summed E-state index contributed by atoms with van der Waals surface area (Å²) in [6, 6.07) is 8.16. The topological polar surface area (TPSA) is 45.1 Å². The lowest BCUT2D eigenvalue weighted by molar-refractivity contribution is 0.311. The molecule has 1 aliphatic rings. The Morgan fingerprint density at radius 3 is 3.07 bits per heavy atom. The predicted molar refractivity (Wildman–Crippen MR) is 56.9 cm³/mol. The summed E-state index contributed by atoms with van der Waals surface area (Å²) in [5.74, 6) is 0.337. The van der Waals surface area contributed by atoms with Crippen molar-refractivity contribution >= 4 is 11.6 Å². The quantitative estimate of drug-likeness (QED) is 0.553. The zero-order chi connectivity index (χ0) is 9.97. The van der Waals surface area contributed by atoms with Gasteiger partial charge >= 0.3 is 0 Å². The summed E-state index contributed by atoms with van der Waals surface area (Å²) in [6.07, 6.45) is 0.856. The second-order valence-corrected chi connectivity index (χ2v) is 3.36. The van der Waals surface area contributed by atoms with Gasteiger partial charge in [-0.2, -0.15) is 0 Å². The van der Waals surface area contributed by atoms with Crippen LogP contribution in [0.5, 0.6) is 0 Å². The van der Waals surface area contributed by atoms with Gasteiger partial charge in [0.25, 0.3) is 0 Å². The second-order valence-electron chi connectivity index (χ2n) is 3.36. The molecular formula is C11H14N2O. The molecule has 0 saturated heterocycles. The third-order valence-electron chi connectivity index (χ3n) is 2.39. The molecule has 0 amide bonds. The van der Waals surface area contributed by atoms with E-state index in [0.29, 0.717) is 12.5 Å². The Bertz CT molecular complexity index is 324. The van der Waals surface area contributed by atoms with Crippen molar-refractivity contribution in [2.45, 2.75) is 19.4 Å². The Morgan fingerprint density at radius 2 is 2.36 bits per heavy atom. The molecule has 0 fully saturated rings. The first-order valence-electron chi connectivity index (χ1n) is 4.87. The van der Waals surface area contributed by atoms with E-state index in [1.165, 1.54) is 5.56 Å². The largest absolute Gasteiger partial charge is 0.480 e. The summed E-state index contributed by atoms with van der Waals surface area (Å²) in [4.78, 5) is 0. The van der Waals surface area contributed by atoms with E-state index in [1.807, 2.05) is 25.1 Å². The van der Waals surface area contributed by atoms with Gasteiger partial charge in [0.1, 0.15) is 6.04 Å². The van der Waals surface area contributed by atoms with Gasteiger partial charge in [0, 0.05) is 12.1 Å². The molecule has 2 N–H and O–H groups in total. The van der Waals surface area contributed by atoms with E-state index in [-0.39, 0.29) is 6.04 Å². The fourth-order valence-electron chi connectivity index (χ4n) is 1.71. The predicted octanol–water partition coefficient (Wildman–Crippen LogP) is 2.04. The van der Waals surface area contributed by atoms with Gasteiger partial charge in [-0.05, 0) is 18.6 Å². The highest BCUT2D eigenvalue weighted by Gasteiger charge is 2.24. The smallest absolute Gasteiger partial charge is 0.203 e. The van der Waals surface area contributed by atoms with E-state index < -0.39 is 0 Å².